The third-order valence-corrected chi connectivity index (χ3v) is 3.82. The van der Waals surface area contributed by atoms with E-state index in [4.69, 9.17) is 0 Å². The van der Waals surface area contributed by atoms with E-state index in [1.54, 1.807) is 0 Å². The van der Waals surface area contributed by atoms with Gasteiger partial charge in [0.1, 0.15) is 0 Å². The van der Waals surface area contributed by atoms with Crippen LogP contribution >= 0.6 is 0 Å². The number of carbonyl (C=O) groups excluding carboxylic acids is 1. The average molecular weight is 225 g/mol. The second-order valence-corrected chi connectivity index (χ2v) is 5.35. The van der Waals surface area contributed by atoms with Crippen LogP contribution in [0.5, 0.6) is 0 Å². The van der Waals surface area contributed by atoms with E-state index in [1.807, 2.05) is 0 Å². The maximum absolute atomic E-state index is 12.4. The molecular weight excluding hydrogens is 202 g/mol. The van der Waals surface area contributed by atoms with E-state index in [0.29, 0.717) is 18.0 Å². The third kappa shape index (κ3) is 2.23. The van der Waals surface area contributed by atoms with E-state index in [1.165, 1.54) is 0 Å². The van der Waals surface area contributed by atoms with Gasteiger partial charge in [0.25, 0.3) is 0 Å². The molecule has 1 amide bonds. The predicted molar refractivity (Wildman–Crippen MR) is 64.2 cm³/mol. The molecule has 0 bridgehead atoms. The Morgan fingerprint density at radius 2 is 1.88 bits per heavy atom. The van der Waals surface area contributed by atoms with Gasteiger partial charge in [-0.2, -0.15) is 0 Å². The Kier molecular flexibility index (Phi) is 3.50. The first kappa shape index (κ1) is 11.9. The fraction of sp³-hybridized carbons (Fsp3) is 0.917. The standard InChI is InChI=1S/C12H23N3O/c1-9-6-13-7-10(2)15(9)12(16)11-4-5-14(3)8-11/h9-11,13H,4-8H2,1-3H3. The Bertz CT molecular complexity index is 259. The summed E-state index contributed by atoms with van der Waals surface area (Å²) in [6, 6.07) is 0.671. The summed E-state index contributed by atoms with van der Waals surface area (Å²) in [5.41, 5.74) is 0. The first-order valence-corrected chi connectivity index (χ1v) is 6.31. The maximum atomic E-state index is 12.4. The van der Waals surface area contributed by atoms with Crippen molar-refractivity contribution < 1.29 is 4.79 Å². The van der Waals surface area contributed by atoms with Crippen molar-refractivity contribution in [1.29, 1.82) is 0 Å². The number of hydrogen-bond donors (Lipinski definition) is 1. The molecule has 92 valence electrons. The van der Waals surface area contributed by atoms with Crippen LogP contribution < -0.4 is 5.32 Å². The monoisotopic (exact) mass is 225 g/mol. The van der Waals surface area contributed by atoms with Crippen LogP contribution in [-0.2, 0) is 4.79 Å². The first-order chi connectivity index (χ1) is 7.59. The summed E-state index contributed by atoms with van der Waals surface area (Å²) in [6.07, 6.45) is 1.03. The molecule has 0 spiro atoms. The molecule has 16 heavy (non-hydrogen) atoms. The third-order valence-electron chi connectivity index (χ3n) is 3.82. The van der Waals surface area contributed by atoms with Crippen molar-refractivity contribution in [1.82, 2.24) is 15.1 Å². The molecule has 2 aliphatic heterocycles. The van der Waals surface area contributed by atoms with Gasteiger partial charge in [-0.3, -0.25) is 4.79 Å². The summed E-state index contributed by atoms with van der Waals surface area (Å²) < 4.78 is 0. The Hall–Kier alpha value is -0.610. The van der Waals surface area contributed by atoms with E-state index >= 15 is 0 Å². The molecule has 4 heteroatoms. The number of rotatable bonds is 1. The van der Waals surface area contributed by atoms with Gasteiger partial charge in [0, 0.05) is 31.7 Å². The molecule has 0 aliphatic carbocycles. The Morgan fingerprint density at radius 3 is 2.38 bits per heavy atom. The van der Waals surface area contributed by atoms with Gasteiger partial charge in [0.2, 0.25) is 5.91 Å². The molecule has 2 fully saturated rings. The summed E-state index contributed by atoms with van der Waals surface area (Å²) in [5, 5.41) is 3.36. The molecule has 0 aromatic heterocycles. The van der Waals surface area contributed by atoms with E-state index in [9.17, 15) is 4.79 Å². The van der Waals surface area contributed by atoms with Crippen LogP contribution in [0, 0.1) is 5.92 Å². The summed E-state index contributed by atoms with van der Waals surface area (Å²) in [7, 11) is 2.10. The van der Waals surface area contributed by atoms with Crippen molar-refractivity contribution >= 4 is 5.91 Å². The zero-order valence-electron chi connectivity index (χ0n) is 10.6. The highest BCUT2D eigenvalue weighted by molar-refractivity contribution is 5.80. The zero-order valence-corrected chi connectivity index (χ0v) is 10.6. The number of hydrogen-bond acceptors (Lipinski definition) is 3. The molecule has 0 aromatic carbocycles. The molecular formula is C12H23N3O. The summed E-state index contributed by atoms with van der Waals surface area (Å²) in [4.78, 5) is 16.8. The normalized spacial score (nSPS) is 36.7. The van der Waals surface area contributed by atoms with Gasteiger partial charge in [-0.1, -0.05) is 0 Å². The molecule has 2 rings (SSSR count). The van der Waals surface area contributed by atoms with Crippen molar-refractivity contribution in [2.45, 2.75) is 32.4 Å². The lowest BCUT2D eigenvalue weighted by Gasteiger charge is -2.40. The van der Waals surface area contributed by atoms with Gasteiger partial charge in [-0.25, -0.2) is 0 Å². The topological polar surface area (TPSA) is 35.6 Å². The lowest BCUT2D eigenvalue weighted by molar-refractivity contribution is -0.140. The van der Waals surface area contributed by atoms with E-state index in [-0.39, 0.29) is 5.92 Å². The van der Waals surface area contributed by atoms with Crippen LogP contribution in [0.3, 0.4) is 0 Å². The molecule has 3 unspecified atom stereocenters. The number of piperazine rings is 1. The highest BCUT2D eigenvalue weighted by atomic mass is 16.2. The smallest absolute Gasteiger partial charge is 0.227 e. The molecule has 0 aromatic rings. The van der Waals surface area contributed by atoms with Crippen molar-refractivity contribution in [3.05, 3.63) is 0 Å². The first-order valence-electron chi connectivity index (χ1n) is 6.31. The highest BCUT2D eigenvalue weighted by Crippen LogP contribution is 2.21. The molecule has 0 radical (unpaired) electrons. The Morgan fingerprint density at radius 1 is 1.25 bits per heavy atom. The lowest BCUT2D eigenvalue weighted by Crippen LogP contribution is -2.58. The summed E-state index contributed by atoms with van der Waals surface area (Å²) in [5.74, 6) is 0.596. The number of carbonyl (C=O) groups is 1. The summed E-state index contributed by atoms with van der Waals surface area (Å²) >= 11 is 0. The van der Waals surface area contributed by atoms with Gasteiger partial charge < -0.3 is 15.1 Å². The van der Waals surface area contributed by atoms with Crippen molar-refractivity contribution in [2.24, 2.45) is 5.92 Å². The highest BCUT2D eigenvalue weighted by Gasteiger charge is 2.35. The van der Waals surface area contributed by atoms with Crippen LogP contribution in [0.25, 0.3) is 0 Å². The van der Waals surface area contributed by atoms with Crippen LogP contribution in [0.4, 0.5) is 0 Å². The minimum Gasteiger partial charge on any atom is -0.334 e. The minimum absolute atomic E-state index is 0.230. The number of nitrogens with zero attached hydrogens (tertiary/aromatic N) is 2. The van der Waals surface area contributed by atoms with Crippen LogP contribution in [-0.4, -0.2) is 61.0 Å². The largest absolute Gasteiger partial charge is 0.334 e. The van der Waals surface area contributed by atoms with Crippen LogP contribution in [0.1, 0.15) is 20.3 Å². The molecule has 0 saturated carbocycles. The second-order valence-electron chi connectivity index (χ2n) is 5.35. The lowest BCUT2D eigenvalue weighted by atomic mass is 10.0. The zero-order chi connectivity index (χ0) is 11.7. The fourth-order valence-corrected chi connectivity index (χ4v) is 2.91. The van der Waals surface area contributed by atoms with Gasteiger partial charge in [0.15, 0.2) is 0 Å². The van der Waals surface area contributed by atoms with Crippen molar-refractivity contribution in [3.63, 3.8) is 0 Å². The van der Waals surface area contributed by atoms with Gasteiger partial charge >= 0.3 is 0 Å². The van der Waals surface area contributed by atoms with E-state index < -0.39 is 0 Å². The maximum Gasteiger partial charge on any atom is 0.227 e. The molecule has 1 N–H and O–H groups in total. The van der Waals surface area contributed by atoms with Crippen molar-refractivity contribution in [3.8, 4) is 0 Å². The van der Waals surface area contributed by atoms with Gasteiger partial charge in [0.05, 0.1) is 5.92 Å². The molecule has 2 heterocycles. The minimum atomic E-state index is 0.230. The Balaban J connectivity index is 2.02. The van der Waals surface area contributed by atoms with Crippen LogP contribution in [0.2, 0.25) is 0 Å². The number of likely N-dealkylation sites (tertiary alicyclic amines) is 1. The molecule has 2 aliphatic rings. The second kappa shape index (κ2) is 4.72. The molecule has 2 saturated heterocycles. The van der Waals surface area contributed by atoms with E-state index in [2.05, 4.69) is 36.0 Å². The average Bonchev–Trinajstić information content (AvgIpc) is 2.64. The predicted octanol–water partition coefficient (Wildman–Crippen LogP) is 0.147. The van der Waals surface area contributed by atoms with Crippen LogP contribution in [0.15, 0.2) is 0 Å². The van der Waals surface area contributed by atoms with Gasteiger partial charge in [-0.15, -0.1) is 0 Å². The van der Waals surface area contributed by atoms with Crippen molar-refractivity contribution in [2.75, 3.05) is 33.2 Å². The molecule has 3 atom stereocenters. The molecule has 4 nitrogen and oxygen atoms in total. The number of amides is 1. The number of nitrogens with one attached hydrogen (secondary N) is 1. The van der Waals surface area contributed by atoms with E-state index in [0.717, 1.165) is 32.6 Å². The van der Waals surface area contributed by atoms with Gasteiger partial charge in [-0.05, 0) is 33.9 Å². The quantitative estimate of drug-likeness (QED) is 0.690. The Labute approximate surface area is 98.0 Å². The fourth-order valence-electron chi connectivity index (χ4n) is 2.91. The SMILES string of the molecule is CC1CNCC(C)N1C(=O)C1CCN(C)C1. The summed E-state index contributed by atoms with van der Waals surface area (Å²) in [6.45, 7) is 8.13.